The van der Waals surface area contributed by atoms with Crippen molar-refractivity contribution in [2.24, 2.45) is 5.73 Å². The van der Waals surface area contributed by atoms with Gasteiger partial charge in [0.1, 0.15) is 5.75 Å². The maximum atomic E-state index is 12.5. The molecule has 0 aliphatic carbocycles. The highest BCUT2D eigenvalue weighted by molar-refractivity contribution is 7.90. The monoisotopic (exact) mass is 413 g/mol. The van der Waals surface area contributed by atoms with E-state index in [9.17, 15) is 13.2 Å². The number of guanidine groups is 1. The second kappa shape index (κ2) is 9.91. The van der Waals surface area contributed by atoms with E-state index in [1.165, 1.54) is 12.1 Å². The molecule has 2 aromatic rings. The zero-order chi connectivity index (χ0) is 19.2. The number of carbonyl (C=O) groups excluding carboxylic acids is 1. The van der Waals surface area contributed by atoms with Crippen molar-refractivity contribution in [1.82, 2.24) is 4.31 Å². The highest BCUT2D eigenvalue weighted by Gasteiger charge is 2.31. The summed E-state index contributed by atoms with van der Waals surface area (Å²) >= 11 is 0. The summed E-state index contributed by atoms with van der Waals surface area (Å²) in [5.41, 5.74) is 6.26. The van der Waals surface area contributed by atoms with E-state index in [4.69, 9.17) is 21.0 Å². The van der Waals surface area contributed by atoms with Crippen LogP contribution < -0.4 is 10.5 Å². The Kier molecular flexibility index (Phi) is 8.23. The first kappa shape index (κ1) is 22.4. The highest BCUT2D eigenvalue weighted by Crippen LogP contribution is 2.15. The number of hydrogen-bond donors (Lipinski definition) is 3. The number of nitrogens with zero attached hydrogens (tertiary/aromatic N) is 1. The minimum Gasteiger partial charge on any atom is -0.476 e. The smallest absolute Gasteiger partial charge is 0.279 e. The van der Waals surface area contributed by atoms with Gasteiger partial charge in [-0.2, -0.15) is 4.31 Å². The molecular weight excluding hydrogens is 394 g/mol. The van der Waals surface area contributed by atoms with Gasteiger partial charge in [0.15, 0.2) is 0 Å². The summed E-state index contributed by atoms with van der Waals surface area (Å²) in [5, 5.41) is 16.3. The fourth-order valence-corrected chi connectivity index (χ4v) is 3.21. The van der Waals surface area contributed by atoms with Crippen LogP contribution in [0.1, 0.15) is 15.9 Å². The third-order valence-electron chi connectivity index (χ3n) is 3.40. The topological polar surface area (TPSA) is 134 Å². The molecule has 2 aromatic carbocycles. The normalized spacial score (nSPS) is 10.6. The van der Waals surface area contributed by atoms with Gasteiger partial charge in [-0.05, 0) is 36.2 Å². The highest BCUT2D eigenvalue weighted by atomic mass is 35.5. The van der Waals surface area contributed by atoms with Gasteiger partial charge in [0, 0.05) is 12.2 Å². The Hall–Kier alpha value is -2.62. The minimum absolute atomic E-state index is 0. The number of rotatable bonds is 7. The number of carbonyl (C=O) groups is 1. The number of amides is 1. The molecule has 27 heavy (non-hydrogen) atoms. The van der Waals surface area contributed by atoms with Gasteiger partial charge in [0.25, 0.3) is 15.9 Å². The van der Waals surface area contributed by atoms with Gasteiger partial charge in [0.05, 0.1) is 0 Å². The van der Waals surface area contributed by atoms with Crippen LogP contribution in [0.2, 0.25) is 0 Å². The molecule has 0 unspecified atom stereocenters. The van der Waals surface area contributed by atoms with Gasteiger partial charge in [-0.25, -0.2) is 8.42 Å². The van der Waals surface area contributed by atoms with Gasteiger partial charge in [-0.15, -0.1) is 12.4 Å². The van der Waals surface area contributed by atoms with Gasteiger partial charge in [-0.3, -0.25) is 10.2 Å². The summed E-state index contributed by atoms with van der Waals surface area (Å²) in [6.45, 7) is 0.00372. The van der Waals surface area contributed by atoms with Crippen molar-refractivity contribution in [2.75, 3.05) is 12.5 Å². The van der Waals surface area contributed by atoms with Crippen LogP contribution >= 0.6 is 12.4 Å². The summed E-state index contributed by atoms with van der Waals surface area (Å²) < 4.78 is 30.3. The molecule has 0 heterocycles. The number of nitrogens with one attached hydrogen (secondary N) is 1. The first-order valence-corrected chi connectivity index (χ1v) is 9.25. The zero-order valence-electron chi connectivity index (χ0n) is 14.2. The van der Waals surface area contributed by atoms with Crippen molar-refractivity contribution in [3.05, 3.63) is 65.7 Å². The van der Waals surface area contributed by atoms with Crippen LogP contribution in [-0.2, 0) is 16.4 Å². The van der Waals surface area contributed by atoms with Crippen LogP contribution in [0.15, 0.2) is 54.6 Å². The first-order valence-electron chi connectivity index (χ1n) is 7.64. The summed E-state index contributed by atoms with van der Waals surface area (Å²) in [7, 11) is -4.32. The number of aliphatic hydroxyl groups is 1. The molecule has 1 amide bonds. The third-order valence-corrected chi connectivity index (χ3v) is 4.74. The molecule has 8 nitrogen and oxygen atoms in total. The van der Waals surface area contributed by atoms with E-state index < -0.39 is 27.8 Å². The number of benzene rings is 2. The molecule has 4 N–H and O–H groups in total. The van der Waals surface area contributed by atoms with Crippen LogP contribution in [0.4, 0.5) is 0 Å². The van der Waals surface area contributed by atoms with Crippen LogP contribution in [0.5, 0.6) is 5.75 Å². The minimum atomic E-state index is -4.32. The largest absolute Gasteiger partial charge is 0.476 e. The SMILES string of the molecule is Cl.N=C(N)N(C(=O)c1ccccc1)S(=O)(=O)COc1ccc(CCO)cc1. The van der Waals surface area contributed by atoms with Crippen LogP contribution in [0.25, 0.3) is 0 Å². The predicted molar refractivity (Wildman–Crippen MR) is 103 cm³/mol. The average molecular weight is 414 g/mol. The van der Waals surface area contributed by atoms with Crippen molar-refractivity contribution in [2.45, 2.75) is 6.42 Å². The summed E-state index contributed by atoms with van der Waals surface area (Å²) in [6.07, 6.45) is 0.474. The van der Waals surface area contributed by atoms with Crippen molar-refractivity contribution in [1.29, 1.82) is 5.41 Å². The second-order valence-corrected chi connectivity index (χ2v) is 7.08. The lowest BCUT2D eigenvalue weighted by atomic mass is 10.1. The van der Waals surface area contributed by atoms with Gasteiger partial charge in [-0.1, -0.05) is 30.3 Å². The van der Waals surface area contributed by atoms with Gasteiger partial charge >= 0.3 is 0 Å². The Morgan fingerprint density at radius 2 is 1.70 bits per heavy atom. The third kappa shape index (κ3) is 5.95. The number of aliphatic hydroxyl groups excluding tert-OH is 1. The molecule has 0 aliphatic heterocycles. The van der Waals surface area contributed by atoms with E-state index in [1.807, 2.05) is 0 Å². The number of halogens is 1. The Balaban J connectivity index is 0.00000364. The Labute approximate surface area is 163 Å². The fraction of sp³-hybridized carbons (Fsp3) is 0.176. The number of nitrogens with two attached hydrogens (primary N) is 1. The van der Waals surface area contributed by atoms with E-state index in [2.05, 4.69) is 0 Å². The molecule has 146 valence electrons. The standard InChI is InChI=1S/C17H19N3O5S.ClH/c18-17(19)20(16(22)14-4-2-1-3-5-14)26(23,24)12-25-15-8-6-13(7-9-15)10-11-21;/h1-9,21H,10-12H2,(H3,18,19);1H. The number of ether oxygens (including phenoxy) is 1. The Morgan fingerprint density at radius 3 is 2.22 bits per heavy atom. The van der Waals surface area contributed by atoms with Gasteiger partial charge < -0.3 is 15.6 Å². The predicted octanol–water partition coefficient (Wildman–Crippen LogP) is 1.35. The molecule has 2 rings (SSSR count). The molecule has 0 aromatic heterocycles. The maximum Gasteiger partial charge on any atom is 0.279 e. The van der Waals surface area contributed by atoms with Crippen molar-refractivity contribution >= 4 is 34.3 Å². The van der Waals surface area contributed by atoms with Crippen molar-refractivity contribution < 1.29 is 23.1 Å². The number of hydrogen-bond acceptors (Lipinski definition) is 6. The molecule has 0 spiro atoms. The molecule has 0 saturated heterocycles. The lowest BCUT2D eigenvalue weighted by Crippen LogP contribution is -2.47. The molecule has 10 heteroatoms. The molecule has 0 atom stereocenters. The summed E-state index contributed by atoms with van der Waals surface area (Å²) in [5.74, 6) is -2.43. The Bertz CT molecular complexity index is 873. The van der Waals surface area contributed by atoms with E-state index >= 15 is 0 Å². The summed E-state index contributed by atoms with van der Waals surface area (Å²) in [6, 6.07) is 14.2. The van der Waals surface area contributed by atoms with E-state index in [1.54, 1.807) is 42.5 Å². The number of sulfonamides is 1. The molecule has 0 radical (unpaired) electrons. The molecule has 0 saturated carbocycles. The Morgan fingerprint density at radius 1 is 1.11 bits per heavy atom. The van der Waals surface area contributed by atoms with E-state index in [0.717, 1.165) is 5.56 Å². The lowest BCUT2D eigenvalue weighted by molar-refractivity contribution is 0.0910. The van der Waals surface area contributed by atoms with Gasteiger partial charge in [0.2, 0.25) is 11.9 Å². The molecular formula is C17H20ClN3O5S. The van der Waals surface area contributed by atoms with Crippen LogP contribution in [-0.4, -0.2) is 42.2 Å². The first-order chi connectivity index (χ1) is 12.3. The van der Waals surface area contributed by atoms with Crippen molar-refractivity contribution in [3.63, 3.8) is 0 Å². The van der Waals surface area contributed by atoms with Crippen LogP contribution in [0.3, 0.4) is 0 Å². The van der Waals surface area contributed by atoms with E-state index in [0.29, 0.717) is 6.42 Å². The quantitative estimate of drug-likeness (QED) is 0.463. The van der Waals surface area contributed by atoms with Crippen LogP contribution in [0, 0.1) is 5.41 Å². The molecule has 0 bridgehead atoms. The van der Waals surface area contributed by atoms with E-state index in [-0.39, 0.29) is 34.6 Å². The molecule has 0 aliphatic rings. The lowest BCUT2D eigenvalue weighted by Gasteiger charge is -2.20. The zero-order valence-corrected chi connectivity index (χ0v) is 15.9. The summed E-state index contributed by atoms with van der Waals surface area (Å²) in [4.78, 5) is 12.4. The average Bonchev–Trinajstić information content (AvgIpc) is 2.61. The van der Waals surface area contributed by atoms with Crippen molar-refractivity contribution in [3.8, 4) is 5.75 Å². The second-order valence-electron chi connectivity index (χ2n) is 5.31. The molecule has 0 fully saturated rings. The fourth-order valence-electron chi connectivity index (χ4n) is 2.16. The maximum absolute atomic E-state index is 12.5.